The number of carbonyl (C=O) groups is 2. The van der Waals surface area contributed by atoms with Gasteiger partial charge in [0.15, 0.2) is 0 Å². The maximum atomic E-state index is 13.6. The van der Waals surface area contributed by atoms with Gasteiger partial charge in [-0.1, -0.05) is 0 Å². The molecule has 1 saturated heterocycles. The summed E-state index contributed by atoms with van der Waals surface area (Å²) in [6.45, 7) is 0.186. The first kappa shape index (κ1) is 19.8. The van der Waals surface area contributed by atoms with Gasteiger partial charge in [0.05, 0.1) is 20.8 Å². The van der Waals surface area contributed by atoms with Crippen LogP contribution in [0, 0.1) is 11.7 Å². The molecule has 0 radical (unpaired) electrons. The van der Waals surface area contributed by atoms with Crippen LogP contribution in [0.2, 0.25) is 0 Å². The summed E-state index contributed by atoms with van der Waals surface area (Å²) >= 11 is 2.95. The van der Waals surface area contributed by atoms with Crippen molar-refractivity contribution in [3.63, 3.8) is 0 Å². The highest BCUT2D eigenvalue weighted by molar-refractivity contribution is 9.10. The fourth-order valence-electron chi connectivity index (χ4n) is 2.24. The van der Waals surface area contributed by atoms with Crippen LogP contribution in [0.25, 0.3) is 0 Å². The van der Waals surface area contributed by atoms with Crippen molar-refractivity contribution in [2.24, 2.45) is 11.1 Å². The van der Waals surface area contributed by atoms with Crippen LogP contribution in [0.4, 0.5) is 4.39 Å². The van der Waals surface area contributed by atoms with Crippen LogP contribution in [0.15, 0.2) is 21.5 Å². The first-order valence-electron chi connectivity index (χ1n) is 6.15. The summed E-state index contributed by atoms with van der Waals surface area (Å²) in [4.78, 5) is 24.0. The first-order chi connectivity index (χ1) is 10.1. The van der Waals surface area contributed by atoms with Gasteiger partial charge < -0.3 is 10.0 Å². The second-order valence-corrected chi connectivity index (χ2v) is 7.21. The summed E-state index contributed by atoms with van der Waals surface area (Å²) in [5, 5.41) is 13.9. The second kappa shape index (κ2) is 7.12. The highest BCUT2D eigenvalue weighted by atomic mass is 79.9. The SMILES string of the molecule is Cl.NS(=O)(=O)c1cc(F)cc(C(=O)N2CCC(C(=O)O)C2)c1Br. The summed E-state index contributed by atoms with van der Waals surface area (Å²) in [7, 11) is -4.21. The molecule has 7 nitrogen and oxygen atoms in total. The fourth-order valence-corrected chi connectivity index (χ4v) is 3.96. The minimum atomic E-state index is -4.21. The van der Waals surface area contributed by atoms with E-state index in [9.17, 15) is 22.4 Å². The lowest BCUT2D eigenvalue weighted by Crippen LogP contribution is -2.30. The predicted octanol–water partition coefficient (Wildman–Crippen LogP) is 1.20. The molecule has 23 heavy (non-hydrogen) atoms. The number of hydrogen-bond donors (Lipinski definition) is 2. The third-order valence-electron chi connectivity index (χ3n) is 3.37. The Kier molecular flexibility index (Phi) is 6.13. The van der Waals surface area contributed by atoms with Crippen LogP contribution in [0.1, 0.15) is 16.8 Å². The number of benzene rings is 1. The lowest BCUT2D eigenvalue weighted by Gasteiger charge is -2.17. The van der Waals surface area contributed by atoms with E-state index in [0.29, 0.717) is 6.07 Å². The van der Waals surface area contributed by atoms with E-state index in [4.69, 9.17) is 10.2 Å². The maximum absolute atomic E-state index is 13.6. The number of carboxylic acids is 1. The van der Waals surface area contributed by atoms with Gasteiger partial charge in [-0.2, -0.15) is 0 Å². The Morgan fingerprint density at radius 2 is 2.00 bits per heavy atom. The van der Waals surface area contributed by atoms with Gasteiger partial charge in [-0.05, 0) is 34.5 Å². The number of hydrogen-bond acceptors (Lipinski definition) is 4. The summed E-state index contributed by atoms with van der Waals surface area (Å²) in [6.07, 6.45) is 0.288. The molecule has 0 spiro atoms. The molecule has 1 aliphatic rings. The average Bonchev–Trinajstić information content (AvgIpc) is 2.88. The van der Waals surface area contributed by atoms with Gasteiger partial charge in [0.2, 0.25) is 10.0 Å². The Balaban J connectivity index is 0.00000264. The zero-order chi connectivity index (χ0) is 16.7. The highest BCUT2D eigenvalue weighted by Gasteiger charge is 2.33. The molecule has 0 bridgehead atoms. The minimum absolute atomic E-state index is 0. The van der Waals surface area contributed by atoms with Gasteiger partial charge in [0, 0.05) is 13.1 Å². The molecular formula is C12H13BrClFN2O5S. The predicted molar refractivity (Wildman–Crippen MR) is 84.4 cm³/mol. The maximum Gasteiger partial charge on any atom is 0.308 e. The van der Waals surface area contributed by atoms with E-state index in [0.717, 1.165) is 6.07 Å². The number of carboxylic acid groups (broad SMARTS) is 1. The van der Waals surface area contributed by atoms with Crippen LogP contribution >= 0.6 is 28.3 Å². The molecule has 3 N–H and O–H groups in total. The van der Waals surface area contributed by atoms with Crippen molar-refractivity contribution in [3.05, 3.63) is 28.0 Å². The van der Waals surface area contributed by atoms with Crippen molar-refractivity contribution < 1.29 is 27.5 Å². The number of likely N-dealkylation sites (tertiary alicyclic amines) is 1. The van der Waals surface area contributed by atoms with Crippen LogP contribution in [-0.4, -0.2) is 43.4 Å². The Hall–Kier alpha value is -1.23. The Morgan fingerprint density at radius 1 is 1.39 bits per heavy atom. The molecule has 1 aromatic carbocycles. The van der Waals surface area contributed by atoms with E-state index in [1.807, 2.05) is 0 Å². The molecule has 1 unspecified atom stereocenters. The zero-order valence-electron chi connectivity index (χ0n) is 11.5. The molecule has 1 atom stereocenters. The molecule has 1 fully saturated rings. The lowest BCUT2D eigenvalue weighted by atomic mass is 10.1. The zero-order valence-corrected chi connectivity index (χ0v) is 14.7. The smallest absolute Gasteiger partial charge is 0.308 e. The molecule has 11 heteroatoms. The minimum Gasteiger partial charge on any atom is -0.481 e. The van der Waals surface area contributed by atoms with E-state index in [2.05, 4.69) is 15.9 Å². The Labute approximate surface area is 146 Å². The second-order valence-electron chi connectivity index (χ2n) is 4.89. The van der Waals surface area contributed by atoms with Crippen molar-refractivity contribution in [2.75, 3.05) is 13.1 Å². The summed E-state index contributed by atoms with van der Waals surface area (Å²) < 4.78 is 36.3. The Morgan fingerprint density at radius 3 is 2.48 bits per heavy atom. The molecular weight excluding hydrogens is 419 g/mol. The van der Waals surface area contributed by atoms with Crippen LogP contribution in [0.5, 0.6) is 0 Å². The number of aliphatic carboxylic acids is 1. The van der Waals surface area contributed by atoms with Gasteiger partial charge in [-0.15, -0.1) is 12.4 Å². The fraction of sp³-hybridized carbons (Fsp3) is 0.333. The molecule has 0 aliphatic carbocycles. The number of rotatable bonds is 3. The third kappa shape index (κ3) is 4.19. The lowest BCUT2D eigenvalue weighted by molar-refractivity contribution is -0.141. The van der Waals surface area contributed by atoms with Crippen LogP contribution in [-0.2, 0) is 14.8 Å². The number of halogens is 3. The number of sulfonamides is 1. The summed E-state index contributed by atoms with van der Waals surface area (Å²) in [6, 6.07) is 1.59. The largest absolute Gasteiger partial charge is 0.481 e. The normalized spacial score (nSPS) is 17.7. The highest BCUT2D eigenvalue weighted by Crippen LogP contribution is 2.29. The van der Waals surface area contributed by atoms with Crippen LogP contribution in [0.3, 0.4) is 0 Å². The van der Waals surface area contributed by atoms with Gasteiger partial charge in [-0.3, -0.25) is 9.59 Å². The quantitative estimate of drug-likeness (QED) is 0.746. The van der Waals surface area contributed by atoms with Gasteiger partial charge in [0.1, 0.15) is 5.82 Å². The van der Waals surface area contributed by atoms with Gasteiger partial charge >= 0.3 is 5.97 Å². The molecule has 1 amide bonds. The van der Waals surface area contributed by atoms with E-state index in [-0.39, 0.29) is 42.0 Å². The van der Waals surface area contributed by atoms with Gasteiger partial charge in [-0.25, -0.2) is 17.9 Å². The van der Waals surface area contributed by atoms with Crippen molar-refractivity contribution in [1.29, 1.82) is 0 Å². The van der Waals surface area contributed by atoms with Crippen LogP contribution < -0.4 is 5.14 Å². The molecule has 1 aliphatic heterocycles. The molecule has 2 rings (SSSR count). The molecule has 128 valence electrons. The first-order valence-corrected chi connectivity index (χ1v) is 8.49. The molecule has 0 aromatic heterocycles. The topological polar surface area (TPSA) is 118 Å². The van der Waals surface area contributed by atoms with Crippen molar-refractivity contribution in [1.82, 2.24) is 4.90 Å². The number of primary sulfonamides is 1. The molecule has 0 saturated carbocycles. The number of nitrogens with two attached hydrogens (primary N) is 1. The van der Waals surface area contributed by atoms with E-state index in [1.54, 1.807) is 0 Å². The number of carbonyl (C=O) groups excluding carboxylic acids is 1. The number of amides is 1. The summed E-state index contributed by atoms with van der Waals surface area (Å²) in [5.41, 5.74) is -0.213. The monoisotopic (exact) mass is 430 g/mol. The van der Waals surface area contributed by atoms with Crippen molar-refractivity contribution in [3.8, 4) is 0 Å². The molecule has 1 heterocycles. The third-order valence-corrected chi connectivity index (χ3v) is 5.42. The molecule has 1 aromatic rings. The standard InChI is InChI=1S/C12H12BrFN2O5S.ClH/c13-10-8(3-7(14)4-9(10)22(15,20)21)11(17)16-2-1-6(5-16)12(18)19;/h3-4,6H,1-2,5H2,(H,18,19)(H2,15,20,21);1H. The number of nitrogens with zero attached hydrogens (tertiary/aromatic N) is 1. The van der Waals surface area contributed by atoms with E-state index < -0.39 is 38.5 Å². The summed E-state index contributed by atoms with van der Waals surface area (Å²) in [5.74, 6) is -3.28. The van der Waals surface area contributed by atoms with Gasteiger partial charge in [0.25, 0.3) is 5.91 Å². The Bertz CT molecular complexity index is 758. The van der Waals surface area contributed by atoms with E-state index >= 15 is 0 Å². The van der Waals surface area contributed by atoms with E-state index in [1.165, 1.54) is 4.90 Å². The average molecular weight is 432 g/mol. The van der Waals surface area contributed by atoms with Crippen molar-refractivity contribution >= 4 is 50.2 Å². The van der Waals surface area contributed by atoms with Crippen molar-refractivity contribution in [2.45, 2.75) is 11.3 Å².